The first-order valence-electron chi connectivity index (χ1n) is 5.76. The van der Waals surface area contributed by atoms with Crippen molar-refractivity contribution in [2.75, 3.05) is 6.61 Å². The van der Waals surface area contributed by atoms with Gasteiger partial charge in [0, 0.05) is 0 Å². The predicted octanol–water partition coefficient (Wildman–Crippen LogP) is 4.25. The minimum atomic E-state index is 0.837. The highest BCUT2D eigenvalue weighted by Gasteiger charge is 1.86. The second kappa shape index (κ2) is 8.10. The molecule has 0 radical (unpaired) electrons. The van der Waals surface area contributed by atoms with Gasteiger partial charge in [-0.3, -0.25) is 0 Å². The number of benzene rings is 1. The Morgan fingerprint density at radius 1 is 1.07 bits per heavy atom. The molecular formula is C14H20O. The van der Waals surface area contributed by atoms with Crippen LogP contribution in [0.25, 0.3) is 6.08 Å². The van der Waals surface area contributed by atoms with E-state index in [1.54, 1.807) is 6.26 Å². The van der Waals surface area contributed by atoms with Crippen molar-refractivity contribution >= 4 is 6.08 Å². The van der Waals surface area contributed by atoms with Crippen LogP contribution >= 0.6 is 0 Å². The molecule has 0 aliphatic carbocycles. The highest BCUT2D eigenvalue weighted by atomic mass is 16.5. The molecule has 15 heavy (non-hydrogen) atoms. The fraction of sp³-hybridized carbons (Fsp3) is 0.429. The zero-order valence-electron chi connectivity index (χ0n) is 9.49. The molecule has 0 unspecified atom stereocenters. The molecule has 1 aromatic rings. The van der Waals surface area contributed by atoms with Crippen LogP contribution in [0.5, 0.6) is 0 Å². The van der Waals surface area contributed by atoms with E-state index in [-0.39, 0.29) is 0 Å². The van der Waals surface area contributed by atoms with Crippen LogP contribution in [0.2, 0.25) is 0 Å². The molecule has 0 N–H and O–H groups in total. The smallest absolute Gasteiger partial charge is 0.0873 e. The van der Waals surface area contributed by atoms with E-state index >= 15 is 0 Å². The highest BCUT2D eigenvalue weighted by molar-refractivity contribution is 5.47. The van der Waals surface area contributed by atoms with E-state index in [1.807, 2.05) is 24.3 Å². The lowest BCUT2D eigenvalue weighted by atomic mass is 10.2. The van der Waals surface area contributed by atoms with Gasteiger partial charge >= 0.3 is 0 Å². The molecule has 1 rings (SSSR count). The van der Waals surface area contributed by atoms with Gasteiger partial charge in [-0.25, -0.2) is 0 Å². The number of ether oxygens (including phenoxy) is 1. The lowest BCUT2D eigenvalue weighted by molar-refractivity contribution is 0.243. The largest absolute Gasteiger partial charge is 0.501 e. The maximum Gasteiger partial charge on any atom is 0.0873 e. The lowest BCUT2D eigenvalue weighted by Crippen LogP contribution is -1.87. The van der Waals surface area contributed by atoms with Gasteiger partial charge in [0.1, 0.15) is 0 Å². The fourth-order valence-electron chi connectivity index (χ4n) is 1.37. The molecular weight excluding hydrogens is 184 g/mol. The number of unbranched alkanes of at least 4 members (excludes halogenated alkanes) is 3. The first-order valence-corrected chi connectivity index (χ1v) is 5.76. The topological polar surface area (TPSA) is 9.23 Å². The molecule has 1 nitrogen and oxygen atoms in total. The molecule has 0 aliphatic heterocycles. The Bertz CT molecular complexity index is 264. The molecule has 0 spiro atoms. The third kappa shape index (κ3) is 5.95. The third-order valence-electron chi connectivity index (χ3n) is 2.27. The van der Waals surface area contributed by atoms with Crippen LogP contribution in [0.3, 0.4) is 0 Å². The molecule has 0 heterocycles. The maximum absolute atomic E-state index is 5.40. The first kappa shape index (κ1) is 11.8. The zero-order chi connectivity index (χ0) is 10.8. The summed E-state index contributed by atoms with van der Waals surface area (Å²) in [7, 11) is 0. The average molecular weight is 204 g/mol. The van der Waals surface area contributed by atoms with Gasteiger partial charge < -0.3 is 4.74 Å². The van der Waals surface area contributed by atoms with Crippen LogP contribution in [0.1, 0.15) is 38.2 Å². The van der Waals surface area contributed by atoms with Crippen molar-refractivity contribution in [3.8, 4) is 0 Å². The fourth-order valence-corrected chi connectivity index (χ4v) is 1.37. The Hall–Kier alpha value is -1.24. The summed E-state index contributed by atoms with van der Waals surface area (Å²) >= 11 is 0. The molecule has 0 amide bonds. The van der Waals surface area contributed by atoms with Crippen molar-refractivity contribution < 1.29 is 4.74 Å². The molecule has 0 saturated carbocycles. The number of hydrogen-bond acceptors (Lipinski definition) is 1. The minimum absolute atomic E-state index is 0.837. The molecule has 0 atom stereocenters. The van der Waals surface area contributed by atoms with E-state index in [9.17, 15) is 0 Å². The summed E-state index contributed by atoms with van der Waals surface area (Å²) < 4.78 is 5.40. The molecule has 0 bridgehead atoms. The highest BCUT2D eigenvalue weighted by Crippen LogP contribution is 2.02. The van der Waals surface area contributed by atoms with Crippen molar-refractivity contribution in [1.29, 1.82) is 0 Å². The van der Waals surface area contributed by atoms with Crippen molar-refractivity contribution in [3.63, 3.8) is 0 Å². The Kier molecular flexibility index (Phi) is 6.39. The molecule has 0 saturated heterocycles. The lowest BCUT2D eigenvalue weighted by Gasteiger charge is -1.99. The Balaban J connectivity index is 2.07. The van der Waals surface area contributed by atoms with Gasteiger partial charge in [-0.2, -0.15) is 0 Å². The van der Waals surface area contributed by atoms with Gasteiger partial charge in [0.05, 0.1) is 12.9 Å². The van der Waals surface area contributed by atoms with Gasteiger partial charge in [-0.1, -0.05) is 56.5 Å². The summed E-state index contributed by atoms with van der Waals surface area (Å²) in [5.41, 5.74) is 1.19. The van der Waals surface area contributed by atoms with E-state index < -0.39 is 0 Å². The van der Waals surface area contributed by atoms with Crippen LogP contribution in [0.15, 0.2) is 36.6 Å². The first-order chi connectivity index (χ1) is 7.43. The van der Waals surface area contributed by atoms with Crippen LogP contribution in [0, 0.1) is 0 Å². The second-order valence-electron chi connectivity index (χ2n) is 3.64. The second-order valence-corrected chi connectivity index (χ2v) is 3.64. The zero-order valence-corrected chi connectivity index (χ0v) is 9.49. The number of rotatable bonds is 7. The Labute approximate surface area is 92.8 Å². The SMILES string of the molecule is CCCCCCO/C=C/c1ccccc1. The van der Waals surface area contributed by atoms with Crippen molar-refractivity contribution in [2.24, 2.45) is 0 Å². The van der Waals surface area contributed by atoms with Crippen LogP contribution < -0.4 is 0 Å². The van der Waals surface area contributed by atoms with Crippen molar-refractivity contribution in [1.82, 2.24) is 0 Å². The summed E-state index contributed by atoms with van der Waals surface area (Å²) in [6, 6.07) is 10.2. The van der Waals surface area contributed by atoms with E-state index in [4.69, 9.17) is 4.74 Å². The van der Waals surface area contributed by atoms with E-state index in [2.05, 4.69) is 19.1 Å². The van der Waals surface area contributed by atoms with Gasteiger partial charge in [0.2, 0.25) is 0 Å². The minimum Gasteiger partial charge on any atom is -0.501 e. The van der Waals surface area contributed by atoms with Crippen LogP contribution in [0.4, 0.5) is 0 Å². The van der Waals surface area contributed by atoms with Crippen molar-refractivity contribution in [3.05, 3.63) is 42.2 Å². The standard InChI is InChI=1S/C14H20O/c1-2-3-4-8-12-15-13-11-14-9-6-5-7-10-14/h5-7,9-11,13H,2-4,8,12H2,1H3/b13-11+. The summed E-state index contributed by atoms with van der Waals surface area (Å²) in [4.78, 5) is 0. The normalized spacial score (nSPS) is 10.7. The van der Waals surface area contributed by atoms with Gasteiger partial charge in [0.25, 0.3) is 0 Å². The van der Waals surface area contributed by atoms with Gasteiger partial charge in [-0.05, 0) is 18.1 Å². The Morgan fingerprint density at radius 2 is 1.87 bits per heavy atom. The van der Waals surface area contributed by atoms with E-state index in [0.717, 1.165) is 13.0 Å². The molecule has 0 aromatic heterocycles. The van der Waals surface area contributed by atoms with Gasteiger partial charge in [-0.15, -0.1) is 0 Å². The van der Waals surface area contributed by atoms with Crippen molar-refractivity contribution in [2.45, 2.75) is 32.6 Å². The molecule has 0 aliphatic rings. The Morgan fingerprint density at radius 3 is 2.60 bits per heavy atom. The molecule has 1 heteroatoms. The van der Waals surface area contributed by atoms with Gasteiger partial charge in [0.15, 0.2) is 0 Å². The number of hydrogen-bond donors (Lipinski definition) is 0. The van der Waals surface area contributed by atoms with Crippen LogP contribution in [-0.2, 0) is 4.74 Å². The summed E-state index contributed by atoms with van der Waals surface area (Å²) in [5, 5.41) is 0. The average Bonchev–Trinajstić information content (AvgIpc) is 2.29. The third-order valence-corrected chi connectivity index (χ3v) is 2.27. The summed E-state index contributed by atoms with van der Waals surface area (Å²) in [6.07, 6.45) is 8.81. The molecule has 82 valence electrons. The van der Waals surface area contributed by atoms with Crippen LogP contribution in [-0.4, -0.2) is 6.61 Å². The summed E-state index contributed by atoms with van der Waals surface area (Å²) in [5.74, 6) is 0. The monoisotopic (exact) mass is 204 g/mol. The van der Waals surface area contributed by atoms with E-state index in [1.165, 1.54) is 24.8 Å². The quantitative estimate of drug-likeness (QED) is 0.476. The molecule has 1 aromatic carbocycles. The molecule has 0 fully saturated rings. The maximum atomic E-state index is 5.40. The van der Waals surface area contributed by atoms with E-state index in [0.29, 0.717) is 0 Å². The predicted molar refractivity (Wildman–Crippen MR) is 65.6 cm³/mol. The summed E-state index contributed by atoms with van der Waals surface area (Å²) in [6.45, 7) is 3.06.